The summed E-state index contributed by atoms with van der Waals surface area (Å²) in [5.41, 5.74) is 2.29. The molecule has 0 saturated carbocycles. The van der Waals surface area contributed by atoms with E-state index < -0.39 is 15.7 Å². The third-order valence-electron chi connectivity index (χ3n) is 8.54. The van der Waals surface area contributed by atoms with Gasteiger partial charge in [-0.25, -0.2) is 9.17 Å². The number of halogens is 4. The minimum atomic E-state index is -4.10. The van der Waals surface area contributed by atoms with Crippen LogP contribution in [0, 0.1) is 25.7 Å². The molecular formula is C32H30Br4N2O7S. The molecule has 0 radical (unpaired) electrons. The number of nitrogens with zero attached hydrogens (tertiary/aromatic N) is 2. The van der Waals surface area contributed by atoms with Crippen LogP contribution < -0.4 is 0 Å². The van der Waals surface area contributed by atoms with E-state index in [2.05, 4.69) is 68.7 Å². The summed E-state index contributed by atoms with van der Waals surface area (Å²) in [6, 6.07) is 9.91. The number of hydrogen-bond acceptors (Lipinski definition) is 8. The summed E-state index contributed by atoms with van der Waals surface area (Å²) in [5.74, 6) is 0.341. The number of phenols is 2. The highest BCUT2D eigenvalue weighted by atomic mass is 79.9. The van der Waals surface area contributed by atoms with Crippen molar-refractivity contribution in [2.75, 3.05) is 6.61 Å². The molecule has 4 aromatic rings. The maximum Gasteiger partial charge on any atom is 0.309 e. The lowest BCUT2D eigenvalue weighted by Gasteiger charge is -2.33. The zero-order valence-corrected chi connectivity index (χ0v) is 32.3. The first-order valence-electron chi connectivity index (χ1n) is 14.2. The number of carbonyl (C=O) groups excluding carboxylic acids is 1. The van der Waals surface area contributed by atoms with Crippen LogP contribution in [0.4, 0.5) is 0 Å². The van der Waals surface area contributed by atoms with E-state index in [0.717, 1.165) is 18.5 Å². The molecule has 0 aliphatic carbocycles. The van der Waals surface area contributed by atoms with Crippen LogP contribution >= 0.6 is 63.7 Å². The SMILES string of the molecule is CC[C@@H]1C(=O)OC[C@@H]1Cc1cncn1C.Cc1c(C2(c3cc(Br)c(O)c(Br)c3C)OS(=O)(=O)c3ccccc32)cc(Br)c(O)c1Br. The number of cyclic esters (lactones) is 1. The highest BCUT2D eigenvalue weighted by molar-refractivity contribution is 9.11. The summed E-state index contributed by atoms with van der Waals surface area (Å²) >= 11 is 13.5. The van der Waals surface area contributed by atoms with Crippen molar-refractivity contribution in [3.8, 4) is 11.5 Å². The predicted molar refractivity (Wildman–Crippen MR) is 186 cm³/mol. The topological polar surface area (TPSA) is 128 Å². The molecule has 3 heterocycles. The Kier molecular flexibility index (Phi) is 10.2. The number of phenolic OH excluding ortho intramolecular Hbond substituents is 2. The van der Waals surface area contributed by atoms with Crippen LogP contribution in [0.3, 0.4) is 0 Å². The van der Waals surface area contributed by atoms with E-state index in [1.807, 2.05) is 24.7 Å². The number of fused-ring (bicyclic) bond motifs is 1. The van der Waals surface area contributed by atoms with E-state index >= 15 is 0 Å². The molecule has 244 valence electrons. The van der Waals surface area contributed by atoms with Gasteiger partial charge in [-0.05, 0) is 131 Å². The second kappa shape index (κ2) is 13.3. The van der Waals surface area contributed by atoms with Gasteiger partial charge in [0.05, 0.1) is 36.7 Å². The maximum absolute atomic E-state index is 13.1. The van der Waals surface area contributed by atoms with E-state index in [4.69, 9.17) is 8.92 Å². The van der Waals surface area contributed by atoms with Gasteiger partial charge in [0.25, 0.3) is 10.1 Å². The van der Waals surface area contributed by atoms with Crippen molar-refractivity contribution in [2.24, 2.45) is 18.9 Å². The van der Waals surface area contributed by atoms with Gasteiger partial charge in [-0.2, -0.15) is 8.42 Å². The Morgan fingerprint density at radius 1 is 0.978 bits per heavy atom. The molecule has 1 saturated heterocycles. The first-order chi connectivity index (χ1) is 21.6. The van der Waals surface area contributed by atoms with Crippen molar-refractivity contribution < 1.29 is 32.3 Å². The number of imidazole rings is 1. The Balaban J connectivity index is 0.000000232. The van der Waals surface area contributed by atoms with Crippen LogP contribution in [0.15, 0.2) is 71.7 Å². The van der Waals surface area contributed by atoms with Gasteiger partial charge in [-0.1, -0.05) is 25.1 Å². The average molecular weight is 906 g/mol. The van der Waals surface area contributed by atoms with Crippen molar-refractivity contribution in [1.82, 2.24) is 9.55 Å². The number of esters is 1. The van der Waals surface area contributed by atoms with Gasteiger partial charge >= 0.3 is 5.97 Å². The summed E-state index contributed by atoms with van der Waals surface area (Å²) < 4.78 is 40.9. The number of rotatable bonds is 5. The number of aromatic hydroxyl groups is 2. The van der Waals surface area contributed by atoms with Gasteiger partial charge < -0.3 is 19.5 Å². The van der Waals surface area contributed by atoms with Crippen LogP contribution in [-0.4, -0.2) is 40.8 Å². The Labute approximate surface area is 301 Å². The van der Waals surface area contributed by atoms with E-state index in [9.17, 15) is 23.4 Å². The molecule has 2 aliphatic heterocycles. The number of aromatic nitrogens is 2. The fourth-order valence-electron chi connectivity index (χ4n) is 6.05. The third-order valence-corrected chi connectivity index (χ3v) is 13.1. The Hall–Kier alpha value is -2.23. The molecule has 1 fully saturated rings. The fourth-order valence-corrected chi connectivity index (χ4v) is 9.71. The molecule has 46 heavy (non-hydrogen) atoms. The molecule has 2 N–H and O–H groups in total. The van der Waals surface area contributed by atoms with Crippen molar-refractivity contribution in [1.29, 1.82) is 0 Å². The average Bonchev–Trinajstić information content (AvgIpc) is 3.68. The van der Waals surface area contributed by atoms with Gasteiger partial charge in [-0.15, -0.1) is 0 Å². The molecule has 2 atom stereocenters. The quantitative estimate of drug-likeness (QED) is 0.153. The lowest BCUT2D eigenvalue weighted by Crippen LogP contribution is -2.32. The zero-order valence-electron chi connectivity index (χ0n) is 25.1. The van der Waals surface area contributed by atoms with Crippen molar-refractivity contribution in [3.05, 3.63) is 100 Å². The number of aryl methyl sites for hydroxylation is 1. The highest BCUT2D eigenvalue weighted by Gasteiger charge is 2.53. The Bertz CT molecular complexity index is 1900. The summed E-state index contributed by atoms with van der Waals surface area (Å²) in [6.07, 6.45) is 5.38. The summed E-state index contributed by atoms with van der Waals surface area (Å²) in [6.45, 7) is 6.13. The highest BCUT2D eigenvalue weighted by Crippen LogP contribution is 2.56. The van der Waals surface area contributed by atoms with Crippen molar-refractivity contribution in [3.63, 3.8) is 0 Å². The molecule has 0 amide bonds. The second-order valence-electron chi connectivity index (χ2n) is 11.2. The standard InChI is InChI=1S/C21H14Br4O5S.C11H16N2O2/c1-9-12(7-14(22)19(26)17(9)24)21(13-8-15(23)20(27)18(25)10(13)2)11-5-3-4-6-16(11)31(28,29)30-21;1-3-10-8(6-15-11(10)14)4-9-5-12-7-13(9)2/h3-8,26-27H,1-2H3;5,7-8,10H,3-4,6H2,1-2H3/t;8-,10-/m.0/s1. The molecule has 9 nitrogen and oxygen atoms in total. The van der Waals surface area contributed by atoms with E-state index in [1.54, 1.807) is 50.5 Å². The number of carbonyl (C=O) groups is 1. The van der Waals surface area contributed by atoms with E-state index in [0.29, 0.717) is 58.2 Å². The lowest BCUT2D eigenvalue weighted by atomic mass is 9.77. The fraction of sp³-hybridized carbons (Fsp3) is 0.312. The van der Waals surface area contributed by atoms with E-state index in [1.165, 1.54) is 6.07 Å². The van der Waals surface area contributed by atoms with Crippen LogP contribution in [-0.2, 0) is 42.9 Å². The summed E-state index contributed by atoms with van der Waals surface area (Å²) in [4.78, 5) is 15.5. The van der Waals surface area contributed by atoms with Crippen molar-refractivity contribution >= 4 is 79.8 Å². The molecule has 3 aromatic carbocycles. The molecule has 6 rings (SSSR count). The van der Waals surface area contributed by atoms with Crippen LogP contribution in [0.25, 0.3) is 0 Å². The molecule has 0 unspecified atom stereocenters. The predicted octanol–water partition coefficient (Wildman–Crippen LogP) is 7.94. The largest absolute Gasteiger partial charge is 0.506 e. The van der Waals surface area contributed by atoms with Gasteiger partial charge in [0, 0.05) is 30.4 Å². The second-order valence-corrected chi connectivity index (χ2v) is 16.0. The van der Waals surface area contributed by atoms with Crippen LogP contribution in [0.2, 0.25) is 0 Å². The molecular weight excluding hydrogens is 876 g/mol. The van der Waals surface area contributed by atoms with Gasteiger partial charge in [0.2, 0.25) is 0 Å². The Morgan fingerprint density at radius 2 is 1.54 bits per heavy atom. The van der Waals surface area contributed by atoms with E-state index in [-0.39, 0.29) is 28.3 Å². The first kappa shape index (κ1) is 35.1. The number of benzene rings is 3. The zero-order chi connectivity index (χ0) is 33.7. The molecule has 0 spiro atoms. The normalized spacial score (nSPS) is 19.3. The third kappa shape index (κ3) is 5.98. The van der Waals surface area contributed by atoms with Crippen molar-refractivity contribution in [2.45, 2.75) is 44.1 Å². The monoisotopic (exact) mass is 902 g/mol. The number of hydrogen-bond donors (Lipinski definition) is 2. The van der Waals surface area contributed by atoms with Crippen LogP contribution in [0.1, 0.15) is 46.9 Å². The molecule has 2 aliphatic rings. The molecule has 0 bridgehead atoms. The Morgan fingerprint density at radius 3 is 2.07 bits per heavy atom. The lowest BCUT2D eigenvalue weighted by molar-refractivity contribution is -0.141. The smallest absolute Gasteiger partial charge is 0.309 e. The molecule has 14 heteroatoms. The van der Waals surface area contributed by atoms with Gasteiger partial charge in [0.1, 0.15) is 16.4 Å². The van der Waals surface area contributed by atoms with Gasteiger partial charge in [-0.3, -0.25) is 4.79 Å². The first-order valence-corrected chi connectivity index (χ1v) is 18.8. The summed E-state index contributed by atoms with van der Waals surface area (Å²) in [7, 11) is -2.13. The minimum absolute atomic E-state index is 0.00433. The van der Waals surface area contributed by atoms with Gasteiger partial charge in [0.15, 0.2) is 5.60 Å². The number of ether oxygens (including phenoxy) is 1. The maximum atomic E-state index is 13.1. The molecule has 1 aromatic heterocycles. The summed E-state index contributed by atoms with van der Waals surface area (Å²) in [5, 5.41) is 20.8. The minimum Gasteiger partial charge on any atom is -0.506 e. The van der Waals surface area contributed by atoms with Crippen LogP contribution in [0.5, 0.6) is 11.5 Å².